The number of nitrogens with one attached hydrogen (secondary N) is 1. The molecular weight excluding hydrogens is 376 g/mol. The predicted molar refractivity (Wildman–Crippen MR) is 109 cm³/mol. The maximum absolute atomic E-state index is 12.3. The summed E-state index contributed by atoms with van der Waals surface area (Å²) in [4.78, 5) is 24.9. The van der Waals surface area contributed by atoms with Crippen LogP contribution in [0.4, 0.5) is 5.00 Å². The van der Waals surface area contributed by atoms with Crippen LogP contribution in [0.5, 0.6) is 5.75 Å². The Morgan fingerprint density at radius 3 is 2.82 bits per heavy atom. The zero-order valence-corrected chi connectivity index (χ0v) is 16.7. The van der Waals surface area contributed by atoms with Gasteiger partial charge in [-0.15, -0.1) is 11.3 Å². The lowest BCUT2D eigenvalue weighted by atomic mass is 9.96. The van der Waals surface area contributed by atoms with Crippen LogP contribution < -0.4 is 15.8 Å². The van der Waals surface area contributed by atoms with Crippen LogP contribution in [-0.2, 0) is 17.6 Å². The van der Waals surface area contributed by atoms with Gasteiger partial charge in [0.15, 0.2) is 6.61 Å². The highest BCUT2D eigenvalue weighted by Gasteiger charge is 2.20. The fourth-order valence-corrected chi connectivity index (χ4v) is 4.74. The molecule has 0 fully saturated rings. The average molecular weight is 398 g/mol. The second-order valence-electron chi connectivity index (χ2n) is 7.06. The first-order chi connectivity index (χ1) is 13.4. The summed E-state index contributed by atoms with van der Waals surface area (Å²) in [5, 5.41) is 4.27. The van der Waals surface area contributed by atoms with Crippen molar-refractivity contribution in [3.8, 4) is 5.75 Å². The predicted octanol–water partition coefficient (Wildman–Crippen LogP) is 4.11. The van der Waals surface area contributed by atoms with Gasteiger partial charge in [-0.1, -0.05) is 0 Å². The number of rotatable bonds is 5. The molecule has 0 atom stereocenters. The number of thiophene rings is 1. The zero-order valence-electron chi connectivity index (χ0n) is 15.9. The molecular formula is C21H22N2O4S. The zero-order chi connectivity index (χ0) is 19.8. The number of carbonyl (C=O) groups is 2. The molecule has 1 aliphatic carbocycles. The number of primary amides is 1. The fraction of sp³-hybridized carbons (Fsp3) is 0.333. The van der Waals surface area contributed by atoms with Crippen LogP contribution in [0.2, 0.25) is 0 Å². The van der Waals surface area contributed by atoms with Crippen molar-refractivity contribution in [1.82, 2.24) is 0 Å². The minimum absolute atomic E-state index is 0.153. The minimum Gasteiger partial charge on any atom is -0.484 e. The lowest BCUT2D eigenvalue weighted by Crippen LogP contribution is -2.22. The number of hydrogen-bond donors (Lipinski definition) is 2. The summed E-state index contributed by atoms with van der Waals surface area (Å²) < 4.78 is 11.6. The maximum Gasteiger partial charge on any atom is 0.262 e. The van der Waals surface area contributed by atoms with E-state index in [-0.39, 0.29) is 12.5 Å². The van der Waals surface area contributed by atoms with E-state index in [9.17, 15) is 9.59 Å². The number of hydrogen-bond acceptors (Lipinski definition) is 5. The molecule has 2 amide bonds. The third kappa shape index (κ3) is 3.38. The molecule has 0 spiro atoms. The molecule has 0 aliphatic heterocycles. The first-order valence-corrected chi connectivity index (χ1v) is 10.1. The van der Waals surface area contributed by atoms with Crippen molar-refractivity contribution in [3.63, 3.8) is 0 Å². The van der Waals surface area contributed by atoms with Gasteiger partial charge in [0, 0.05) is 22.2 Å². The summed E-state index contributed by atoms with van der Waals surface area (Å²) in [6.07, 6.45) is 4.31. The highest BCUT2D eigenvalue weighted by Crippen LogP contribution is 2.34. The van der Waals surface area contributed by atoms with Crippen LogP contribution in [0.15, 0.2) is 22.6 Å². The van der Waals surface area contributed by atoms with Gasteiger partial charge in [0.05, 0.1) is 5.56 Å². The van der Waals surface area contributed by atoms with Crippen LogP contribution in [0.3, 0.4) is 0 Å². The molecule has 1 aromatic carbocycles. The van der Waals surface area contributed by atoms with E-state index in [0.29, 0.717) is 16.3 Å². The van der Waals surface area contributed by atoms with E-state index in [2.05, 4.69) is 5.32 Å². The smallest absolute Gasteiger partial charge is 0.262 e. The monoisotopic (exact) mass is 398 g/mol. The molecule has 7 heteroatoms. The molecule has 4 rings (SSSR count). The van der Waals surface area contributed by atoms with Crippen molar-refractivity contribution in [1.29, 1.82) is 0 Å². The molecule has 2 aromatic heterocycles. The average Bonchev–Trinajstić information content (AvgIpc) is 3.17. The second kappa shape index (κ2) is 7.31. The first kappa shape index (κ1) is 18.6. The summed E-state index contributed by atoms with van der Waals surface area (Å²) in [5.74, 6) is 0.801. The van der Waals surface area contributed by atoms with Gasteiger partial charge in [-0.3, -0.25) is 9.59 Å². The van der Waals surface area contributed by atoms with E-state index in [1.54, 1.807) is 6.07 Å². The molecule has 0 unspecified atom stereocenters. The highest BCUT2D eigenvalue weighted by atomic mass is 32.1. The van der Waals surface area contributed by atoms with E-state index in [1.165, 1.54) is 16.9 Å². The Labute approximate surface area is 166 Å². The lowest BCUT2D eigenvalue weighted by Gasteiger charge is -2.09. The fourth-order valence-electron chi connectivity index (χ4n) is 3.65. The first-order valence-electron chi connectivity index (χ1n) is 9.30. The summed E-state index contributed by atoms with van der Waals surface area (Å²) in [7, 11) is 0. The standard InChI is InChI=1S/C21H22N2O4S/c1-11-12(2)28-21(19(11)20(22)25)23-18(24)10-26-13-7-8-17-15(9-13)14-5-3-4-6-16(14)27-17/h7-9H,3-6,10H2,1-2H3,(H2,22,25)(H,23,24). The van der Waals surface area contributed by atoms with Crippen LogP contribution in [0.25, 0.3) is 11.0 Å². The Morgan fingerprint density at radius 2 is 2.04 bits per heavy atom. The van der Waals surface area contributed by atoms with Crippen molar-refractivity contribution in [2.24, 2.45) is 5.73 Å². The Kier molecular flexibility index (Phi) is 4.85. The third-order valence-electron chi connectivity index (χ3n) is 5.18. The van der Waals surface area contributed by atoms with Crippen molar-refractivity contribution < 1.29 is 18.7 Å². The molecule has 0 saturated heterocycles. The number of benzene rings is 1. The van der Waals surface area contributed by atoms with Crippen LogP contribution in [0, 0.1) is 13.8 Å². The van der Waals surface area contributed by atoms with Gasteiger partial charge in [0.1, 0.15) is 22.1 Å². The number of ether oxygens (including phenoxy) is 1. The van der Waals surface area contributed by atoms with Crippen LogP contribution >= 0.6 is 11.3 Å². The number of aryl methyl sites for hydroxylation is 3. The summed E-state index contributed by atoms with van der Waals surface area (Å²) >= 11 is 1.34. The van der Waals surface area contributed by atoms with Gasteiger partial charge in [0.25, 0.3) is 11.8 Å². The molecule has 6 nitrogen and oxygen atoms in total. The molecule has 0 radical (unpaired) electrons. The third-order valence-corrected chi connectivity index (χ3v) is 6.30. The Morgan fingerprint density at radius 1 is 1.25 bits per heavy atom. The van der Waals surface area contributed by atoms with Gasteiger partial charge < -0.3 is 20.2 Å². The molecule has 1 aliphatic rings. The second-order valence-corrected chi connectivity index (χ2v) is 8.28. The van der Waals surface area contributed by atoms with Crippen molar-refractivity contribution >= 4 is 39.1 Å². The Balaban J connectivity index is 1.47. The number of anilines is 1. The van der Waals surface area contributed by atoms with Gasteiger partial charge in [0.2, 0.25) is 0 Å². The van der Waals surface area contributed by atoms with Gasteiger partial charge >= 0.3 is 0 Å². The number of fused-ring (bicyclic) bond motifs is 3. The number of amides is 2. The largest absolute Gasteiger partial charge is 0.484 e. The molecule has 2 heterocycles. The molecule has 146 valence electrons. The van der Waals surface area contributed by atoms with Crippen molar-refractivity contribution in [3.05, 3.63) is 45.5 Å². The van der Waals surface area contributed by atoms with E-state index < -0.39 is 5.91 Å². The number of nitrogens with two attached hydrogens (primary N) is 1. The van der Waals surface area contributed by atoms with E-state index in [1.807, 2.05) is 26.0 Å². The molecule has 28 heavy (non-hydrogen) atoms. The number of carbonyl (C=O) groups excluding carboxylic acids is 2. The summed E-state index contributed by atoms with van der Waals surface area (Å²) in [5.41, 5.74) is 8.72. The minimum atomic E-state index is -0.548. The molecule has 0 bridgehead atoms. The molecule has 3 aromatic rings. The van der Waals surface area contributed by atoms with Crippen molar-refractivity contribution in [2.45, 2.75) is 39.5 Å². The lowest BCUT2D eigenvalue weighted by molar-refractivity contribution is -0.118. The van der Waals surface area contributed by atoms with Crippen LogP contribution in [-0.4, -0.2) is 18.4 Å². The normalized spacial score (nSPS) is 13.4. The quantitative estimate of drug-likeness (QED) is 0.676. The van der Waals surface area contributed by atoms with E-state index in [0.717, 1.165) is 52.9 Å². The summed E-state index contributed by atoms with van der Waals surface area (Å²) in [6, 6.07) is 5.63. The Hall–Kier alpha value is -2.80. The Bertz CT molecular complexity index is 1080. The maximum atomic E-state index is 12.3. The van der Waals surface area contributed by atoms with Gasteiger partial charge in [-0.2, -0.15) is 0 Å². The topological polar surface area (TPSA) is 94.6 Å². The van der Waals surface area contributed by atoms with E-state index >= 15 is 0 Å². The SMILES string of the molecule is Cc1sc(NC(=O)COc2ccc3oc4c(c3c2)CCCC4)c(C(N)=O)c1C. The summed E-state index contributed by atoms with van der Waals surface area (Å²) in [6.45, 7) is 3.55. The van der Waals surface area contributed by atoms with Gasteiger partial charge in [-0.05, 0) is 56.9 Å². The van der Waals surface area contributed by atoms with Crippen LogP contribution in [0.1, 0.15) is 45.0 Å². The highest BCUT2D eigenvalue weighted by molar-refractivity contribution is 7.16. The van der Waals surface area contributed by atoms with Gasteiger partial charge in [-0.25, -0.2) is 0 Å². The molecule has 0 saturated carbocycles. The molecule has 3 N–H and O–H groups in total. The van der Waals surface area contributed by atoms with Crippen molar-refractivity contribution in [2.75, 3.05) is 11.9 Å². The van der Waals surface area contributed by atoms with E-state index in [4.69, 9.17) is 14.9 Å². The number of furan rings is 1.